The molecule has 206 valence electrons. The minimum atomic E-state index is -6.44. The van der Waals surface area contributed by atoms with E-state index in [-0.39, 0.29) is 29.0 Å². The molecule has 14 heteroatoms. The number of fused-ring (bicyclic) bond motifs is 3. The topological polar surface area (TPSA) is 111 Å². The Kier molecular flexibility index (Phi) is 5.27. The minimum absolute atomic E-state index is 0.00480. The van der Waals surface area contributed by atoms with Crippen LogP contribution in [0.25, 0.3) is 6.08 Å². The first-order chi connectivity index (χ1) is 18.0. The third kappa shape index (κ3) is 3.26. The third-order valence-corrected chi connectivity index (χ3v) is 6.53. The second kappa shape index (κ2) is 7.83. The van der Waals surface area contributed by atoms with E-state index in [1.54, 1.807) is 0 Å². The highest BCUT2D eigenvalue weighted by molar-refractivity contribution is 5.74. The zero-order valence-corrected chi connectivity index (χ0v) is 19.2. The molecule has 0 aromatic heterocycles. The summed E-state index contributed by atoms with van der Waals surface area (Å²) in [6.45, 7) is 0. The van der Waals surface area contributed by atoms with Gasteiger partial charge in [-0.2, -0.15) is 30.7 Å². The molecule has 0 radical (unpaired) electrons. The number of phenolic OH excluding ortho intramolecular Hbond substituents is 2. The second-order valence-corrected chi connectivity index (χ2v) is 8.93. The standard InChI is InChI=1S/C25H16F8N2O4/c26-21-15-4-1-12(38-13-2-5-18(36)16(34)9-13)7-11(15)8-20(21)22(27,28)25(33,24(31,32)23(21,29)30)39-14-3-6-19(37)17(35)10-14/h1-10,36-37H,34-35H2. The van der Waals surface area contributed by atoms with Crippen LogP contribution in [0.2, 0.25) is 0 Å². The summed E-state index contributed by atoms with van der Waals surface area (Å²) in [6, 6.07) is 7.38. The second-order valence-electron chi connectivity index (χ2n) is 8.93. The predicted molar refractivity (Wildman–Crippen MR) is 122 cm³/mol. The molecule has 0 bridgehead atoms. The van der Waals surface area contributed by atoms with Crippen molar-refractivity contribution in [3.05, 3.63) is 71.3 Å². The van der Waals surface area contributed by atoms with Gasteiger partial charge in [0.15, 0.2) is 0 Å². The monoisotopic (exact) mass is 560 g/mol. The highest BCUT2D eigenvalue weighted by Gasteiger charge is 2.94. The fourth-order valence-electron chi connectivity index (χ4n) is 4.49. The van der Waals surface area contributed by atoms with Crippen molar-refractivity contribution in [3.63, 3.8) is 0 Å². The normalized spacial score (nSPS) is 25.8. The molecule has 1 fully saturated rings. The van der Waals surface area contributed by atoms with Crippen molar-refractivity contribution in [1.29, 1.82) is 0 Å². The summed E-state index contributed by atoms with van der Waals surface area (Å²) in [5.74, 6) is -26.3. The number of benzene rings is 3. The van der Waals surface area contributed by atoms with Crippen LogP contribution in [0.15, 0.2) is 60.2 Å². The third-order valence-electron chi connectivity index (χ3n) is 6.53. The Labute approximate surface area is 213 Å². The quantitative estimate of drug-likeness (QED) is 0.170. The van der Waals surface area contributed by atoms with E-state index in [0.29, 0.717) is 24.3 Å². The molecule has 6 N–H and O–H groups in total. The molecular weight excluding hydrogens is 544 g/mol. The van der Waals surface area contributed by atoms with Gasteiger partial charge >= 0.3 is 23.6 Å². The van der Waals surface area contributed by atoms with E-state index >= 15 is 35.1 Å². The fraction of sp³-hybridized carbons (Fsp3) is 0.200. The molecule has 39 heavy (non-hydrogen) atoms. The Bertz CT molecular complexity index is 1550. The summed E-state index contributed by atoms with van der Waals surface area (Å²) in [6.07, 6.45) is 0.124. The van der Waals surface area contributed by atoms with Crippen LogP contribution < -0.4 is 20.9 Å². The summed E-state index contributed by atoms with van der Waals surface area (Å²) < 4.78 is 133. The summed E-state index contributed by atoms with van der Waals surface area (Å²) >= 11 is 0. The molecule has 2 aliphatic rings. The van der Waals surface area contributed by atoms with Gasteiger partial charge in [-0.25, -0.2) is 4.39 Å². The molecule has 3 aromatic rings. The van der Waals surface area contributed by atoms with Crippen molar-refractivity contribution >= 4 is 17.5 Å². The number of hydrogen-bond acceptors (Lipinski definition) is 6. The largest absolute Gasteiger partial charge is 0.506 e. The zero-order valence-electron chi connectivity index (χ0n) is 19.2. The lowest BCUT2D eigenvalue weighted by molar-refractivity contribution is -0.417. The van der Waals surface area contributed by atoms with Gasteiger partial charge in [-0.3, -0.25) is 0 Å². The van der Waals surface area contributed by atoms with E-state index in [1.165, 1.54) is 6.07 Å². The number of halogens is 8. The summed E-state index contributed by atoms with van der Waals surface area (Å²) in [5, 5.41) is 18.9. The maximum atomic E-state index is 16.0. The zero-order chi connectivity index (χ0) is 28.8. The number of nitrogens with two attached hydrogens (primary N) is 2. The van der Waals surface area contributed by atoms with E-state index in [4.69, 9.17) is 16.2 Å². The number of phenols is 2. The Morgan fingerprint density at radius 2 is 1.15 bits per heavy atom. The van der Waals surface area contributed by atoms with Crippen LogP contribution in [-0.2, 0) is 5.67 Å². The minimum Gasteiger partial charge on any atom is -0.506 e. The average molecular weight is 560 g/mol. The van der Waals surface area contributed by atoms with Crippen LogP contribution in [0.3, 0.4) is 0 Å². The van der Waals surface area contributed by atoms with Crippen LogP contribution in [0.1, 0.15) is 11.1 Å². The first-order valence-electron chi connectivity index (χ1n) is 10.9. The lowest BCUT2D eigenvalue weighted by Crippen LogP contribution is -2.77. The maximum Gasteiger partial charge on any atom is 0.388 e. The molecular formula is C25H16F8N2O4. The van der Waals surface area contributed by atoms with Crippen molar-refractivity contribution < 1.29 is 54.8 Å². The van der Waals surface area contributed by atoms with Crippen molar-refractivity contribution in [2.24, 2.45) is 0 Å². The first kappa shape index (κ1) is 26.3. The fourth-order valence-corrected chi connectivity index (χ4v) is 4.49. The Balaban J connectivity index is 1.62. The average Bonchev–Trinajstić information content (AvgIpc) is 3.17. The summed E-state index contributed by atoms with van der Waals surface area (Å²) in [4.78, 5) is 0. The Morgan fingerprint density at radius 3 is 1.74 bits per heavy atom. The van der Waals surface area contributed by atoms with Crippen molar-refractivity contribution in [1.82, 2.24) is 0 Å². The first-order valence-corrected chi connectivity index (χ1v) is 10.9. The Hall–Kier alpha value is -4.36. The smallest absolute Gasteiger partial charge is 0.388 e. The molecule has 2 aliphatic carbocycles. The van der Waals surface area contributed by atoms with Gasteiger partial charge < -0.3 is 31.2 Å². The van der Waals surface area contributed by atoms with Gasteiger partial charge in [0.1, 0.15) is 28.7 Å². The highest BCUT2D eigenvalue weighted by atomic mass is 19.3. The van der Waals surface area contributed by atoms with Crippen molar-refractivity contribution in [2.75, 3.05) is 11.5 Å². The summed E-state index contributed by atoms with van der Waals surface area (Å²) in [7, 11) is 0. The number of nitrogen functional groups attached to an aromatic ring is 2. The number of hydrogen-bond donors (Lipinski definition) is 4. The lowest BCUT2D eigenvalue weighted by atomic mass is 9.70. The van der Waals surface area contributed by atoms with Gasteiger partial charge in [0.05, 0.1) is 16.9 Å². The SMILES string of the molecule is Nc1cc(Oc2ccc3c(c2)C=C2C(F)(F)C(F)(Oc4ccc(O)c(N)c4)C(F)(F)C(F)(F)C23F)ccc1O. The number of ether oxygens (including phenoxy) is 2. The number of alkyl halides is 8. The van der Waals surface area contributed by atoms with Gasteiger partial charge in [-0.05, 0) is 48.0 Å². The van der Waals surface area contributed by atoms with Gasteiger partial charge in [-0.1, -0.05) is 6.07 Å². The molecule has 0 heterocycles. The van der Waals surface area contributed by atoms with Crippen LogP contribution >= 0.6 is 0 Å². The molecule has 5 rings (SSSR count). The van der Waals surface area contributed by atoms with E-state index in [1.807, 2.05) is 0 Å². The number of anilines is 2. The Morgan fingerprint density at radius 1 is 0.641 bits per heavy atom. The van der Waals surface area contributed by atoms with Gasteiger partial charge in [0, 0.05) is 17.7 Å². The van der Waals surface area contributed by atoms with Crippen LogP contribution in [0.5, 0.6) is 28.7 Å². The summed E-state index contributed by atoms with van der Waals surface area (Å²) in [5.41, 5.74) is 0.995. The highest BCUT2D eigenvalue weighted by Crippen LogP contribution is 2.71. The van der Waals surface area contributed by atoms with E-state index in [9.17, 15) is 10.2 Å². The number of rotatable bonds is 4. The van der Waals surface area contributed by atoms with Gasteiger partial charge in [0.2, 0.25) is 5.67 Å². The van der Waals surface area contributed by atoms with Gasteiger partial charge in [-0.15, -0.1) is 0 Å². The molecule has 6 nitrogen and oxygen atoms in total. The van der Waals surface area contributed by atoms with Crippen molar-refractivity contribution in [2.45, 2.75) is 29.3 Å². The van der Waals surface area contributed by atoms with E-state index in [2.05, 4.69) is 4.74 Å². The van der Waals surface area contributed by atoms with E-state index in [0.717, 1.165) is 24.3 Å². The molecule has 0 saturated heterocycles. The molecule has 1 saturated carbocycles. The molecule has 0 spiro atoms. The predicted octanol–water partition coefficient (Wildman–Crippen LogP) is 6.28. The van der Waals surface area contributed by atoms with Crippen LogP contribution in [0.4, 0.5) is 46.5 Å². The van der Waals surface area contributed by atoms with Gasteiger partial charge in [0.25, 0.3) is 0 Å². The molecule has 0 amide bonds. The molecule has 3 aromatic carbocycles. The lowest BCUT2D eigenvalue weighted by Gasteiger charge is -2.51. The number of aromatic hydroxyl groups is 2. The molecule has 0 aliphatic heterocycles. The van der Waals surface area contributed by atoms with Crippen LogP contribution in [0, 0.1) is 0 Å². The molecule has 2 unspecified atom stereocenters. The molecule has 2 atom stereocenters. The van der Waals surface area contributed by atoms with E-state index < -0.39 is 63.2 Å². The van der Waals surface area contributed by atoms with Crippen molar-refractivity contribution in [3.8, 4) is 28.7 Å². The van der Waals surface area contributed by atoms with Crippen LogP contribution in [-0.4, -0.2) is 33.8 Å². The maximum absolute atomic E-state index is 16.0.